The Morgan fingerprint density at radius 3 is 2.75 bits per heavy atom. The van der Waals surface area contributed by atoms with Crippen molar-refractivity contribution >= 4 is 50.2 Å². The van der Waals surface area contributed by atoms with Crippen LogP contribution in [0.1, 0.15) is 5.56 Å². The molecule has 0 aliphatic carbocycles. The van der Waals surface area contributed by atoms with E-state index in [1.165, 1.54) is 11.5 Å². The highest BCUT2D eigenvalue weighted by atomic mass is 79.9. The fourth-order valence-corrected chi connectivity index (χ4v) is 2.33. The van der Waals surface area contributed by atoms with Crippen LogP contribution in [0.5, 0.6) is 0 Å². The molecule has 16 heavy (non-hydrogen) atoms. The summed E-state index contributed by atoms with van der Waals surface area (Å²) in [5.41, 5.74) is 0.908. The fourth-order valence-electron chi connectivity index (χ4n) is 1.07. The molecule has 0 aliphatic rings. The van der Waals surface area contributed by atoms with Gasteiger partial charge in [-0.05, 0) is 24.3 Å². The van der Waals surface area contributed by atoms with Crippen molar-refractivity contribution in [3.8, 4) is 0 Å². The van der Waals surface area contributed by atoms with Crippen LogP contribution in [0.3, 0.4) is 0 Å². The summed E-state index contributed by atoms with van der Waals surface area (Å²) in [7, 11) is 1.59. The van der Waals surface area contributed by atoms with Crippen LogP contribution >= 0.6 is 39.2 Å². The van der Waals surface area contributed by atoms with Gasteiger partial charge in [0, 0.05) is 10.0 Å². The molecule has 7 heteroatoms. The summed E-state index contributed by atoms with van der Waals surface area (Å²) < 4.78 is 14.2. The van der Waals surface area contributed by atoms with Crippen LogP contribution in [0, 0.1) is 0 Å². The Kier molecular flexibility index (Phi) is 3.92. The number of halogens is 1. The number of ether oxygens (including phenoxy) is 1. The monoisotopic (exact) mass is 316 g/mol. The minimum absolute atomic E-state index is 0.538. The molecule has 4 nitrogen and oxygen atoms in total. The van der Waals surface area contributed by atoms with Crippen molar-refractivity contribution in [3.05, 3.63) is 34.3 Å². The lowest BCUT2D eigenvalue weighted by atomic mass is 10.2. The lowest BCUT2D eigenvalue weighted by Crippen LogP contribution is -2.02. The van der Waals surface area contributed by atoms with E-state index >= 15 is 0 Å². The van der Waals surface area contributed by atoms with Crippen LogP contribution in [-0.2, 0) is 4.74 Å². The van der Waals surface area contributed by atoms with Gasteiger partial charge in [-0.15, -0.1) is 0 Å². The Morgan fingerprint density at radius 2 is 2.19 bits per heavy atom. The molecule has 2 aromatic rings. The van der Waals surface area contributed by atoms with Crippen molar-refractivity contribution < 1.29 is 4.74 Å². The van der Waals surface area contributed by atoms with Crippen molar-refractivity contribution in [1.29, 1.82) is 0 Å². The summed E-state index contributed by atoms with van der Waals surface area (Å²) in [6, 6.07) is 7.73. The maximum absolute atomic E-state index is 5.23. The van der Waals surface area contributed by atoms with Crippen molar-refractivity contribution in [3.63, 3.8) is 0 Å². The molecule has 0 fully saturated rings. The Morgan fingerprint density at radius 1 is 1.44 bits per heavy atom. The number of aliphatic imine (C=N–C) groups is 1. The standard InChI is InChI=1S/C9H7BrN3OS2/c1-14-8(11-9-12-16-13-15-9)6-2-4-7(10)5-3-6/h2-5H,1H3/q+1/b11-8-. The zero-order chi connectivity index (χ0) is 11.4. The second kappa shape index (κ2) is 5.42. The predicted octanol–water partition coefficient (Wildman–Crippen LogP) is 3.21. The van der Waals surface area contributed by atoms with Crippen LogP contribution in [0.4, 0.5) is 5.13 Å². The molecular weight excluding hydrogens is 310 g/mol. The molecule has 2 rings (SSSR count). The molecule has 1 heterocycles. The van der Waals surface area contributed by atoms with Crippen molar-refractivity contribution in [2.24, 2.45) is 4.99 Å². The summed E-state index contributed by atoms with van der Waals surface area (Å²) in [5.74, 6) is 0.538. The number of benzene rings is 1. The molecular formula is C9H7BrN3OS2+. The molecule has 1 aromatic heterocycles. The highest BCUT2D eigenvalue weighted by Crippen LogP contribution is 2.17. The lowest BCUT2D eigenvalue weighted by Gasteiger charge is -2.02. The van der Waals surface area contributed by atoms with Crippen molar-refractivity contribution in [2.45, 2.75) is 0 Å². The maximum Gasteiger partial charge on any atom is 0.384 e. The normalized spacial score (nSPS) is 11.5. The van der Waals surface area contributed by atoms with Gasteiger partial charge in [0.25, 0.3) is 0 Å². The Balaban J connectivity index is 2.32. The molecule has 0 amide bonds. The van der Waals surface area contributed by atoms with Crippen LogP contribution in [0.25, 0.3) is 0 Å². The zero-order valence-electron chi connectivity index (χ0n) is 8.25. The Hall–Kier alpha value is -0.920. The first-order valence-corrected chi connectivity index (χ1v) is 6.59. The van der Waals surface area contributed by atoms with Gasteiger partial charge in [-0.2, -0.15) is 4.99 Å². The van der Waals surface area contributed by atoms with Crippen molar-refractivity contribution in [2.75, 3.05) is 7.11 Å². The molecule has 0 atom stereocenters. The highest BCUT2D eigenvalue weighted by Gasteiger charge is 2.11. The van der Waals surface area contributed by atoms with E-state index in [0.717, 1.165) is 21.8 Å². The van der Waals surface area contributed by atoms with E-state index in [4.69, 9.17) is 4.74 Å². The molecule has 0 aliphatic heterocycles. The van der Waals surface area contributed by atoms with Gasteiger partial charge in [-0.25, -0.2) is 0 Å². The largest absolute Gasteiger partial charge is 0.480 e. The van der Waals surface area contributed by atoms with Gasteiger partial charge in [-0.1, -0.05) is 20.3 Å². The van der Waals surface area contributed by atoms with Crippen LogP contribution in [0.2, 0.25) is 0 Å². The average molecular weight is 317 g/mol. The molecule has 0 N–H and O–H groups in total. The SMILES string of the molecule is CO/C(=N\c1n[s+][n-][s+]1)c1ccc(Br)cc1. The number of nitrogens with zero attached hydrogens (tertiary/aromatic N) is 3. The second-order valence-electron chi connectivity index (χ2n) is 2.75. The van der Waals surface area contributed by atoms with Crippen LogP contribution in [0.15, 0.2) is 33.7 Å². The van der Waals surface area contributed by atoms with Crippen LogP contribution in [-0.4, -0.2) is 17.4 Å². The summed E-state index contributed by atoms with van der Waals surface area (Å²) in [4.78, 5) is 4.27. The summed E-state index contributed by atoms with van der Waals surface area (Å²) in [5, 5.41) is 0.602. The maximum atomic E-state index is 5.23. The molecule has 1 aromatic carbocycles. The molecule has 0 saturated heterocycles. The molecule has 0 radical (unpaired) electrons. The molecule has 0 saturated carbocycles. The van der Waals surface area contributed by atoms with Gasteiger partial charge < -0.3 is 4.74 Å². The van der Waals surface area contributed by atoms with Gasteiger partial charge in [0.1, 0.15) is 3.76 Å². The third-order valence-electron chi connectivity index (χ3n) is 1.75. The lowest BCUT2D eigenvalue weighted by molar-refractivity contribution is 0.405. The van der Waals surface area contributed by atoms with Gasteiger partial charge >= 0.3 is 28.4 Å². The van der Waals surface area contributed by atoms with Gasteiger partial charge in [0.05, 0.1) is 7.11 Å². The van der Waals surface area contributed by atoms with Gasteiger partial charge in [0.15, 0.2) is 0 Å². The Labute approximate surface area is 109 Å². The van der Waals surface area contributed by atoms with E-state index in [1.807, 2.05) is 24.3 Å². The Bertz CT molecular complexity index is 484. The van der Waals surface area contributed by atoms with E-state index in [1.54, 1.807) is 7.11 Å². The highest BCUT2D eigenvalue weighted by molar-refractivity contribution is 9.10. The summed E-state index contributed by atoms with van der Waals surface area (Å²) in [6.07, 6.45) is 0. The quantitative estimate of drug-likeness (QED) is 0.485. The molecule has 0 bridgehead atoms. The van der Waals surface area contributed by atoms with E-state index in [2.05, 4.69) is 29.1 Å². The number of hydrogen-bond acceptors (Lipinski definition) is 3. The summed E-state index contributed by atoms with van der Waals surface area (Å²) in [6.45, 7) is 0. The zero-order valence-corrected chi connectivity index (χ0v) is 11.5. The van der Waals surface area contributed by atoms with E-state index in [9.17, 15) is 0 Å². The third-order valence-corrected chi connectivity index (χ3v) is 3.56. The van der Waals surface area contributed by atoms with E-state index < -0.39 is 0 Å². The first-order valence-electron chi connectivity index (χ1n) is 4.30. The fraction of sp³-hybridized carbons (Fsp3) is 0.111. The number of aromatic nitrogens is 2. The van der Waals surface area contributed by atoms with E-state index in [0.29, 0.717) is 11.0 Å². The summed E-state index contributed by atoms with van der Waals surface area (Å²) >= 11 is 5.76. The minimum atomic E-state index is 0.538. The van der Waals surface area contributed by atoms with Crippen LogP contribution < -0.4 is 3.76 Å². The first kappa shape index (κ1) is 11.6. The number of methoxy groups -OCH3 is 1. The number of hydrogen-bond donors (Lipinski definition) is 0. The molecule has 0 unspecified atom stereocenters. The van der Waals surface area contributed by atoms with Crippen molar-refractivity contribution in [1.82, 2.24) is 8.14 Å². The topological polar surface area (TPSA) is 48.6 Å². The van der Waals surface area contributed by atoms with Gasteiger partial charge in [-0.3, -0.25) is 0 Å². The smallest absolute Gasteiger partial charge is 0.384 e. The average Bonchev–Trinajstić information content (AvgIpc) is 2.80. The minimum Gasteiger partial charge on any atom is -0.480 e. The number of rotatable bonds is 2. The molecule has 0 spiro atoms. The first-order chi connectivity index (χ1) is 7.79. The second-order valence-corrected chi connectivity index (χ2v) is 5.15. The van der Waals surface area contributed by atoms with Gasteiger partial charge in [0.2, 0.25) is 5.90 Å². The molecule has 82 valence electrons. The van der Waals surface area contributed by atoms with E-state index in [-0.39, 0.29) is 0 Å². The predicted molar refractivity (Wildman–Crippen MR) is 69.5 cm³/mol. The third kappa shape index (κ3) is 2.81.